The summed E-state index contributed by atoms with van der Waals surface area (Å²) in [5.74, 6) is 0.0695. The Morgan fingerprint density at radius 1 is 1.29 bits per heavy atom. The lowest BCUT2D eigenvalue weighted by molar-refractivity contribution is 0.406. The molecule has 0 atom stereocenters. The van der Waals surface area contributed by atoms with Crippen molar-refractivity contribution >= 4 is 15.8 Å². The van der Waals surface area contributed by atoms with Crippen LogP contribution in [0.5, 0.6) is 0 Å². The first-order chi connectivity index (χ1) is 9.95. The van der Waals surface area contributed by atoms with E-state index in [1.165, 1.54) is 10.5 Å². The molecule has 0 saturated heterocycles. The number of hydrogen-bond acceptors (Lipinski definition) is 4. The van der Waals surface area contributed by atoms with Crippen LogP contribution in [0.3, 0.4) is 0 Å². The molecule has 2 rings (SSSR count). The molecule has 0 spiro atoms. The van der Waals surface area contributed by atoms with Crippen LogP contribution in [-0.4, -0.2) is 29.5 Å². The number of rotatable bonds is 6. The molecule has 3 N–H and O–H groups in total. The highest BCUT2D eigenvalue weighted by atomic mass is 32.2. The highest BCUT2D eigenvalue weighted by molar-refractivity contribution is 7.89. The van der Waals surface area contributed by atoms with Crippen LogP contribution in [0.4, 0.5) is 5.82 Å². The SMILES string of the molecule is CCCN(Cc1ccc(C)cc1)S(=O)(=O)c1cn[nH]c1N. The molecule has 0 fully saturated rings. The lowest BCUT2D eigenvalue weighted by Gasteiger charge is -2.21. The maximum absolute atomic E-state index is 12.7. The van der Waals surface area contributed by atoms with Crippen molar-refractivity contribution in [2.24, 2.45) is 0 Å². The van der Waals surface area contributed by atoms with Gasteiger partial charge in [0.25, 0.3) is 0 Å². The third-order valence-corrected chi connectivity index (χ3v) is 5.08. The minimum Gasteiger partial charge on any atom is -0.383 e. The molecule has 0 radical (unpaired) electrons. The van der Waals surface area contributed by atoms with Gasteiger partial charge in [-0.2, -0.15) is 9.40 Å². The van der Waals surface area contributed by atoms with E-state index in [9.17, 15) is 8.42 Å². The number of benzene rings is 1. The molecule has 0 unspecified atom stereocenters. The van der Waals surface area contributed by atoms with Crippen LogP contribution in [0.15, 0.2) is 35.4 Å². The molecule has 1 heterocycles. The van der Waals surface area contributed by atoms with Gasteiger partial charge in [0.2, 0.25) is 10.0 Å². The fraction of sp³-hybridized carbons (Fsp3) is 0.357. The second-order valence-electron chi connectivity index (χ2n) is 4.97. The quantitative estimate of drug-likeness (QED) is 0.852. The Balaban J connectivity index is 2.30. The topological polar surface area (TPSA) is 92.1 Å². The van der Waals surface area contributed by atoms with E-state index in [4.69, 9.17) is 5.73 Å². The van der Waals surface area contributed by atoms with Gasteiger partial charge in [-0.3, -0.25) is 5.10 Å². The number of nitrogens with zero attached hydrogens (tertiary/aromatic N) is 2. The monoisotopic (exact) mass is 308 g/mol. The molecular weight excluding hydrogens is 288 g/mol. The Labute approximate surface area is 125 Å². The fourth-order valence-corrected chi connectivity index (χ4v) is 3.59. The van der Waals surface area contributed by atoms with Crippen molar-refractivity contribution in [1.82, 2.24) is 14.5 Å². The summed E-state index contributed by atoms with van der Waals surface area (Å²) >= 11 is 0. The predicted octanol–water partition coefficient (Wildman–Crippen LogP) is 1.90. The van der Waals surface area contributed by atoms with Gasteiger partial charge in [0, 0.05) is 13.1 Å². The predicted molar refractivity (Wildman–Crippen MR) is 82.1 cm³/mol. The van der Waals surface area contributed by atoms with Crippen LogP contribution in [0.2, 0.25) is 0 Å². The van der Waals surface area contributed by atoms with E-state index in [2.05, 4.69) is 10.2 Å². The van der Waals surface area contributed by atoms with Gasteiger partial charge >= 0.3 is 0 Å². The van der Waals surface area contributed by atoms with Crippen molar-refractivity contribution in [2.75, 3.05) is 12.3 Å². The standard InChI is InChI=1S/C14H20N4O2S/c1-3-8-18(10-12-6-4-11(2)5-7-12)21(19,20)13-9-16-17-14(13)15/h4-7,9H,3,8,10H2,1-2H3,(H3,15,16,17). The third-order valence-electron chi connectivity index (χ3n) is 3.20. The average molecular weight is 308 g/mol. The number of aromatic amines is 1. The molecule has 0 aliphatic carbocycles. The van der Waals surface area contributed by atoms with Crippen molar-refractivity contribution in [3.63, 3.8) is 0 Å². The first kappa shape index (κ1) is 15.5. The molecule has 1 aromatic heterocycles. The molecule has 6 nitrogen and oxygen atoms in total. The second-order valence-corrected chi connectivity index (χ2v) is 6.88. The smallest absolute Gasteiger partial charge is 0.248 e. The van der Waals surface area contributed by atoms with E-state index in [0.29, 0.717) is 13.1 Å². The van der Waals surface area contributed by atoms with Crippen LogP contribution >= 0.6 is 0 Å². The Hall–Kier alpha value is -1.86. The summed E-state index contributed by atoms with van der Waals surface area (Å²) in [6.45, 7) is 4.69. The van der Waals surface area contributed by atoms with Crippen LogP contribution in [0.1, 0.15) is 24.5 Å². The fourth-order valence-electron chi connectivity index (χ4n) is 2.06. The largest absolute Gasteiger partial charge is 0.383 e. The lowest BCUT2D eigenvalue weighted by atomic mass is 10.1. The average Bonchev–Trinajstić information content (AvgIpc) is 2.87. The number of nitrogens with two attached hydrogens (primary N) is 1. The number of hydrogen-bond donors (Lipinski definition) is 2. The molecule has 1 aromatic carbocycles. The third kappa shape index (κ3) is 3.43. The van der Waals surface area contributed by atoms with Gasteiger partial charge in [-0.25, -0.2) is 8.42 Å². The summed E-state index contributed by atoms with van der Waals surface area (Å²) in [4.78, 5) is 0.0306. The Bertz CT molecular complexity index is 692. The van der Waals surface area contributed by atoms with E-state index < -0.39 is 10.0 Å². The van der Waals surface area contributed by atoms with Crippen molar-refractivity contribution in [1.29, 1.82) is 0 Å². The minimum atomic E-state index is -3.64. The maximum atomic E-state index is 12.7. The molecule has 21 heavy (non-hydrogen) atoms. The van der Waals surface area contributed by atoms with Gasteiger partial charge in [-0.1, -0.05) is 36.8 Å². The summed E-state index contributed by atoms with van der Waals surface area (Å²) in [5.41, 5.74) is 7.74. The van der Waals surface area contributed by atoms with Crippen LogP contribution in [0.25, 0.3) is 0 Å². The summed E-state index contributed by atoms with van der Waals surface area (Å²) in [5, 5.41) is 6.16. The Kier molecular flexibility index (Phi) is 4.64. The van der Waals surface area contributed by atoms with Gasteiger partial charge in [0.15, 0.2) is 0 Å². The first-order valence-electron chi connectivity index (χ1n) is 6.79. The Morgan fingerprint density at radius 2 is 1.95 bits per heavy atom. The lowest BCUT2D eigenvalue weighted by Crippen LogP contribution is -2.31. The first-order valence-corrected chi connectivity index (χ1v) is 8.23. The van der Waals surface area contributed by atoms with E-state index in [1.807, 2.05) is 38.1 Å². The zero-order chi connectivity index (χ0) is 15.5. The highest BCUT2D eigenvalue weighted by Gasteiger charge is 2.27. The molecule has 2 aromatic rings. The van der Waals surface area contributed by atoms with E-state index >= 15 is 0 Å². The molecule has 7 heteroatoms. The summed E-state index contributed by atoms with van der Waals surface area (Å²) in [6, 6.07) is 7.81. The normalized spacial score (nSPS) is 12.0. The molecule has 0 bridgehead atoms. The van der Waals surface area contributed by atoms with Gasteiger partial charge in [-0.15, -0.1) is 0 Å². The zero-order valence-electron chi connectivity index (χ0n) is 12.2. The Morgan fingerprint density at radius 3 is 2.48 bits per heavy atom. The summed E-state index contributed by atoms with van der Waals surface area (Å²) in [6.07, 6.45) is 1.98. The van der Waals surface area contributed by atoms with E-state index in [1.54, 1.807) is 0 Å². The molecule has 0 aliphatic heterocycles. The summed E-state index contributed by atoms with van der Waals surface area (Å²) in [7, 11) is -3.64. The van der Waals surface area contributed by atoms with E-state index in [-0.39, 0.29) is 10.7 Å². The van der Waals surface area contributed by atoms with Crippen LogP contribution < -0.4 is 5.73 Å². The number of aromatic nitrogens is 2. The number of H-pyrrole nitrogens is 1. The van der Waals surface area contributed by atoms with Gasteiger partial charge in [0.05, 0.1) is 6.20 Å². The van der Waals surface area contributed by atoms with Crippen molar-refractivity contribution in [3.8, 4) is 0 Å². The molecule has 0 aliphatic rings. The van der Waals surface area contributed by atoms with Crippen molar-refractivity contribution < 1.29 is 8.42 Å². The van der Waals surface area contributed by atoms with Crippen molar-refractivity contribution in [3.05, 3.63) is 41.6 Å². The molecular formula is C14H20N4O2S. The molecule has 114 valence electrons. The number of aryl methyl sites for hydroxylation is 1. The van der Waals surface area contributed by atoms with Crippen molar-refractivity contribution in [2.45, 2.75) is 31.7 Å². The zero-order valence-corrected chi connectivity index (χ0v) is 13.0. The maximum Gasteiger partial charge on any atom is 0.248 e. The van der Waals surface area contributed by atoms with Gasteiger partial charge < -0.3 is 5.73 Å². The highest BCUT2D eigenvalue weighted by Crippen LogP contribution is 2.22. The summed E-state index contributed by atoms with van der Waals surface area (Å²) < 4.78 is 26.8. The number of sulfonamides is 1. The van der Waals surface area contributed by atoms with Crippen LogP contribution in [0, 0.1) is 6.92 Å². The number of nitrogens with one attached hydrogen (secondary N) is 1. The number of anilines is 1. The molecule has 0 amide bonds. The van der Waals surface area contributed by atoms with E-state index in [0.717, 1.165) is 17.5 Å². The second kappa shape index (κ2) is 6.28. The minimum absolute atomic E-state index is 0.0306. The number of nitrogen functional groups attached to an aromatic ring is 1. The molecule has 0 saturated carbocycles. The van der Waals surface area contributed by atoms with Crippen LogP contribution in [-0.2, 0) is 16.6 Å². The van der Waals surface area contributed by atoms with Gasteiger partial charge in [0.1, 0.15) is 10.7 Å². The van der Waals surface area contributed by atoms with Gasteiger partial charge in [-0.05, 0) is 18.9 Å².